The Labute approximate surface area is 150 Å². The molecule has 2 atom stereocenters. The first-order chi connectivity index (χ1) is 11.8. The van der Waals surface area contributed by atoms with E-state index in [9.17, 15) is 9.59 Å². The molecule has 2 rings (SSSR count). The minimum atomic E-state index is -0.337. The van der Waals surface area contributed by atoms with Crippen LogP contribution in [0.5, 0.6) is 0 Å². The SMILES string of the molecule is CC(Cc1ccc(N(C)C)cc1)NC(=O)C1CCCN(CC(N)=O)C1. The van der Waals surface area contributed by atoms with Crippen LogP contribution in [0.3, 0.4) is 0 Å². The number of rotatable bonds is 7. The van der Waals surface area contributed by atoms with Crippen molar-refractivity contribution in [3.05, 3.63) is 29.8 Å². The van der Waals surface area contributed by atoms with Crippen molar-refractivity contribution in [3.8, 4) is 0 Å². The lowest BCUT2D eigenvalue weighted by atomic mass is 9.96. The van der Waals surface area contributed by atoms with Gasteiger partial charge in [0.25, 0.3) is 0 Å². The van der Waals surface area contributed by atoms with Crippen LogP contribution in [0.15, 0.2) is 24.3 Å². The molecular formula is C19H30N4O2. The predicted octanol–water partition coefficient (Wildman–Crippen LogP) is 0.997. The highest BCUT2D eigenvalue weighted by Crippen LogP contribution is 2.17. The highest BCUT2D eigenvalue weighted by atomic mass is 16.2. The molecule has 2 unspecified atom stereocenters. The zero-order valence-corrected chi connectivity index (χ0v) is 15.5. The molecule has 138 valence electrons. The number of primary amides is 1. The molecule has 1 aliphatic rings. The van der Waals surface area contributed by atoms with E-state index >= 15 is 0 Å². The summed E-state index contributed by atoms with van der Waals surface area (Å²) in [7, 11) is 4.03. The van der Waals surface area contributed by atoms with E-state index in [2.05, 4.69) is 34.5 Å². The lowest BCUT2D eigenvalue weighted by Gasteiger charge is -2.31. The van der Waals surface area contributed by atoms with Gasteiger partial charge in [0.05, 0.1) is 12.5 Å². The van der Waals surface area contributed by atoms with E-state index in [0.717, 1.165) is 31.5 Å². The first-order valence-electron chi connectivity index (χ1n) is 8.92. The maximum atomic E-state index is 12.5. The third-order valence-corrected chi connectivity index (χ3v) is 4.64. The summed E-state index contributed by atoms with van der Waals surface area (Å²) < 4.78 is 0. The van der Waals surface area contributed by atoms with Crippen molar-refractivity contribution in [2.24, 2.45) is 11.7 Å². The second-order valence-electron chi connectivity index (χ2n) is 7.22. The van der Waals surface area contributed by atoms with Crippen LogP contribution in [-0.4, -0.2) is 56.5 Å². The zero-order chi connectivity index (χ0) is 18.4. The van der Waals surface area contributed by atoms with Crippen LogP contribution in [0.25, 0.3) is 0 Å². The maximum absolute atomic E-state index is 12.5. The van der Waals surface area contributed by atoms with Gasteiger partial charge in [0.1, 0.15) is 0 Å². The molecule has 6 heteroatoms. The summed E-state index contributed by atoms with van der Waals surface area (Å²) >= 11 is 0. The van der Waals surface area contributed by atoms with Gasteiger partial charge in [-0.05, 0) is 50.4 Å². The van der Waals surface area contributed by atoms with E-state index in [1.165, 1.54) is 5.56 Å². The number of benzene rings is 1. The van der Waals surface area contributed by atoms with Crippen molar-refractivity contribution in [3.63, 3.8) is 0 Å². The summed E-state index contributed by atoms with van der Waals surface area (Å²) in [6.07, 6.45) is 2.59. The Morgan fingerprint density at radius 1 is 1.32 bits per heavy atom. The van der Waals surface area contributed by atoms with E-state index < -0.39 is 0 Å². The van der Waals surface area contributed by atoms with Crippen molar-refractivity contribution in [1.29, 1.82) is 0 Å². The Hall–Kier alpha value is -2.08. The number of amides is 2. The van der Waals surface area contributed by atoms with Crippen LogP contribution in [0.4, 0.5) is 5.69 Å². The van der Waals surface area contributed by atoms with Gasteiger partial charge in [-0.3, -0.25) is 14.5 Å². The molecule has 3 N–H and O–H groups in total. The monoisotopic (exact) mass is 346 g/mol. The van der Waals surface area contributed by atoms with Crippen LogP contribution in [0, 0.1) is 5.92 Å². The lowest BCUT2D eigenvalue weighted by molar-refractivity contribution is -0.128. The molecular weight excluding hydrogens is 316 g/mol. The molecule has 1 saturated heterocycles. The Morgan fingerprint density at radius 2 is 2.00 bits per heavy atom. The summed E-state index contributed by atoms with van der Waals surface area (Å²) in [5, 5.41) is 3.12. The van der Waals surface area contributed by atoms with Crippen LogP contribution >= 0.6 is 0 Å². The third-order valence-electron chi connectivity index (χ3n) is 4.64. The Kier molecular flexibility index (Phi) is 6.82. The van der Waals surface area contributed by atoms with E-state index in [1.807, 2.05) is 25.9 Å². The number of hydrogen-bond acceptors (Lipinski definition) is 4. The first kappa shape index (κ1) is 19.2. The molecule has 0 spiro atoms. The molecule has 0 aliphatic carbocycles. The summed E-state index contributed by atoms with van der Waals surface area (Å²) in [5.41, 5.74) is 7.63. The number of nitrogens with two attached hydrogens (primary N) is 1. The number of nitrogens with zero attached hydrogens (tertiary/aromatic N) is 2. The van der Waals surface area contributed by atoms with Gasteiger partial charge >= 0.3 is 0 Å². The van der Waals surface area contributed by atoms with Crippen molar-refractivity contribution in [1.82, 2.24) is 10.2 Å². The fraction of sp³-hybridized carbons (Fsp3) is 0.579. The predicted molar refractivity (Wildman–Crippen MR) is 100 cm³/mol. The zero-order valence-electron chi connectivity index (χ0n) is 15.5. The minimum absolute atomic E-state index is 0.0633. The standard InChI is InChI=1S/C19H30N4O2/c1-14(11-15-6-8-17(9-7-15)22(2)3)21-19(25)16-5-4-10-23(12-16)13-18(20)24/h6-9,14,16H,4-5,10-13H2,1-3H3,(H2,20,24)(H,21,25). The van der Waals surface area contributed by atoms with Crippen molar-refractivity contribution < 1.29 is 9.59 Å². The number of piperidine rings is 1. The molecule has 1 fully saturated rings. The van der Waals surface area contributed by atoms with Gasteiger partial charge in [-0.25, -0.2) is 0 Å². The van der Waals surface area contributed by atoms with Gasteiger partial charge in [0.2, 0.25) is 11.8 Å². The summed E-state index contributed by atoms with van der Waals surface area (Å²) in [5.74, 6) is -0.325. The van der Waals surface area contributed by atoms with Gasteiger partial charge < -0.3 is 16.0 Å². The van der Waals surface area contributed by atoms with Crippen molar-refractivity contribution >= 4 is 17.5 Å². The van der Waals surface area contributed by atoms with Crippen molar-refractivity contribution in [2.75, 3.05) is 38.6 Å². The second kappa shape index (κ2) is 8.85. The Bertz CT molecular complexity index is 586. The van der Waals surface area contributed by atoms with Gasteiger partial charge in [-0.1, -0.05) is 12.1 Å². The lowest BCUT2D eigenvalue weighted by Crippen LogP contribution is -2.47. The number of anilines is 1. The number of likely N-dealkylation sites (tertiary alicyclic amines) is 1. The summed E-state index contributed by atoms with van der Waals surface area (Å²) in [4.78, 5) is 27.6. The van der Waals surface area contributed by atoms with Crippen LogP contribution in [0.2, 0.25) is 0 Å². The van der Waals surface area contributed by atoms with Crippen molar-refractivity contribution in [2.45, 2.75) is 32.2 Å². The fourth-order valence-electron chi connectivity index (χ4n) is 3.33. The van der Waals surface area contributed by atoms with Crippen LogP contribution in [-0.2, 0) is 16.0 Å². The number of hydrogen-bond donors (Lipinski definition) is 2. The quantitative estimate of drug-likeness (QED) is 0.772. The average molecular weight is 346 g/mol. The normalized spacial score (nSPS) is 19.2. The smallest absolute Gasteiger partial charge is 0.231 e. The highest BCUT2D eigenvalue weighted by molar-refractivity contribution is 5.79. The maximum Gasteiger partial charge on any atom is 0.231 e. The third kappa shape index (κ3) is 6.05. The highest BCUT2D eigenvalue weighted by Gasteiger charge is 2.27. The number of nitrogens with one attached hydrogen (secondary N) is 1. The molecule has 0 aromatic heterocycles. The molecule has 25 heavy (non-hydrogen) atoms. The summed E-state index contributed by atoms with van der Waals surface area (Å²) in [6.45, 7) is 3.71. The molecule has 0 saturated carbocycles. The molecule has 1 aromatic rings. The molecule has 1 aromatic carbocycles. The Balaban J connectivity index is 1.83. The van der Waals surface area contributed by atoms with Gasteiger partial charge in [0.15, 0.2) is 0 Å². The average Bonchev–Trinajstić information content (AvgIpc) is 2.54. The van der Waals surface area contributed by atoms with E-state index in [1.54, 1.807) is 0 Å². The topological polar surface area (TPSA) is 78.7 Å². The first-order valence-corrected chi connectivity index (χ1v) is 8.92. The van der Waals surface area contributed by atoms with E-state index in [-0.39, 0.29) is 30.3 Å². The molecule has 1 aliphatic heterocycles. The summed E-state index contributed by atoms with van der Waals surface area (Å²) in [6, 6.07) is 8.46. The molecule has 2 amide bonds. The fourth-order valence-corrected chi connectivity index (χ4v) is 3.33. The van der Waals surface area contributed by atoms with Gasteiger partial charge in [0, 0.05) is 32.4 Å². The van der Waals surface area contributed by atoms with E-state index in [4.69, 9.17) is 5.73 Å². The molecule has 0 bridgehead atoms. The minimum Gasteiger partial charge on any atom is -0.378 e. The van der Waals surface area contributed by atoms with E-state index in [0.29, 0.717) is 6.54 Å². The van der Waals surface area contributed by atoms with Crippen LogP contribution < -0.4 is 16.0 Å². The van der Waals surface area contributed by atoms with Gasteiger partial charge in [-0.2, -0.15) is 0 Å². The molecule has 0 radical (unpaired) electrons. The van der Waals surface area contributed by atoms with Gasteiger partial charge in [-0.15, -0.1) is 0 Å². The molecule has 6 nitrogen and oxygen atoms in total. The Morgan fingerprint density at radius 3 is 2.60 bits per heavy atom. The molecule has 1 heterocycles. The largest absolute Gasteiger partial charge is 0.378 e. The number of carbonyl (C=O) groups is 2. The second-order valence-corrected chi connectivity index (χ2v) is 7.22. The number of carbonyl (C=O) groups excluding carboxylic acids is 2. The van der Waals surface area contributed by atoms with Crippen LogP contribution in [0.1, 0.15) is 25.3 Å².